The van der Waals surface area contributed by atoms with Gasteiger partial charge in [-0.2, -0.15) is 13.2 Å². The minimum Gasteiger partial charge on any atom is -0.487 e. The maximum atomic E-state index is 12.4. The van der Waals surface area contributed by atoms with Gasteiger partial charge in [-0.15, -0.1) is 0 Å². The first kappa shape index (κ1) is 13.2. The molecule has 0 saturated carbocycles. The lowest BCUT2D eigenvalue weighted by molar-refractivity contribution is -0.138. The molecule has 0 amide bonds. The zero-order valence-corrected chi connectivity index (χ0v) is 10.3. The van der Waals surface area contributed by atoms with Crippen LogP contribution in [-0.2, 0) is 6.42 Å². The Morgan fingerprint density at radius 3 is 2.67 bits per heavy atom. The molecular formula is C13H16F3NO. The number of ether oxygens (including phenoxy) is 1. The molecule has 2 N–H and O–H groups in total. The number of alkyl halides is 3. The Kier molecular flexibility index (Phi) is 3.05. The molecule has 5 heteroatoms. The van der Waals surface area contributed by atoms with E-state index in [1.165, 1.54) is 0 Å². The van der Waals surface area contributed by atoms with Gasteiger partial charge >= 0.3 is 6.18 Å². The zero-order valence-electron chi connectivity index (χ0n) is 10.3. The molecule has 0 aromatic heterocycles. The fraction of sp³-hybridized carbons (Fsp3) is 0.538. The predicted molar refractivity (Wildman–Crippen MR) is 62.5 cm³/mol. The maximum Gasteiger partial charge on any atom is 0.390 e. The third-order valence-corrected chi connectivity index (χ3v) is 2.97. The number of benzene rings is 1. The number of hydrogen-bond donors (Lipinski definition) is 1. The van der Waals surface area contributed by atoms with Gasteiger partial charge in [0, 0.05) is 18.0 Å². The van der Waals surface area contributed by atoms with Crippen molar-refractivity contribution in [2.75, 3.05) is 0 Å². The van der Waals surface area contributed by atoms with Crippen LogP contribution in [0.25, 0.3) is 0 Å². The van der Waals surface area contributed by atoms with Gasteiger partial charge in [0.1, 0.15) is 11.4 Å². The lowest BCUT2D eigenvalue weighted by atomic mass is 9.97. The largest absolute Gasteiger partial charge is 0.487 e. The molecule has 100 valence electrons. The molecular weight excluding hydrogens is 243 g/mol. The number of para-hydroxylation sites is 1. The quantitative estimate of drug-likeness (QED) is 0.884. The lowest BCUT2D eigenvalue weighted by Crippen LogP contribution is -2.25. The lowest BCUT2D eigenvalue weighted by Gasteiger charge is -2.20. The molecule has 0 fully saturated rings. The van der Waals surface area contributed by atoms with Crippen molar-refractivity contribution < 1.29 is 17.9 Å². The van der Waals surface area contributed by atoms with E-state index in [1.54, 1.807) is 12.1 Å². The highest BCUT2D eigenvalue weighted by Crippen LogP contribution is 2.41. The molecule has 1 aliphatic heterocycles. The number of fused-ring (bicyclic) bond motifs is 1. The molecule has 1 heterocycles. The summed E-state index contributed by atoms with van der Waals surface area (Å²) in [7, 11) is 0. The summed E-state index contributed by atoms with van der Waals surface area (Å²) in [6.45, 7) is 3.82. The van der Waals surface area contributed by atoms with Crippen LogP contribution in [0.15, 0.2) is 18.2 Å². The summed E-state index contributed by atoms with van der Waals surface area (Å²) in [5.41, 5.74) is 6.63. The van der Waals surface area contributed by atoms with E-state index < -0.39 is 18.6 Å². The van der Waals surface area contributed by atoms with Gasteiger partial charge in [-0.1, -0.05) is 18.2 Å². The highest BCUT2D eigenvalue weighted by molar-refractivity contribution is 5.47. The summed E-state index contributed by atoms with van der Waals surface area (Å²) >= 11 is 0. The number of hydrogen-bond acceptors (Lipinski definition) is 2. The Labute approximate surface area is 104 Å². The van der Waals surface area contributed by atoms with E-state index in [1.807, 2.05) is 19.9 Å². The number of rotatable bonds is 2. The molecule has 0 aliphatic carbocycles. The van der Waals surface area contributed by atoms with Crippen LogP contribution in [0.1, 0.15) is 37.4 Å². The SMILES string of the molecule is CC1(C)Cc2cccc(C(N)CC(F)(F)F)c2O1. The van der Waals surface area contributed by atoms with Crippen LogP contribution in [-0.4, -0.2) is 11.8 Å². The van der Waals surface area contributed by atoms with Gasteiger partial charge in [0.2, 0.25) is 0 Å². The van der Waals surface area contributed by atoms with Gasteiger partial charge in [-0.25, -0.2) is 0 Å². The van der Waals surface area contributed by atoms with Crippen molar-refractivity contribution in [1.29, 1.82) is 0 Å². The van der Waals surface area contributed by atoms with Crippen molar-refractivity contribution in [3.05, 3.63) is 29.3 Å². The molecule has 2 nitrogen and oxygen atoms in total. The van der Waals surface area contributed by atoms with E-state index in [-0.39, 0.29) is 5.60 Å². The standard InChI is InChI=1S/C13H16F3NO/c1-12(2)6-8-4-3-5-9(11(8)18-12)10(17)7-13(14,15)16/h3-5,10H,6-7,17H2,1-2H3. The minimum atomic E-state index is -4.27. The van der Waals surface area contributed by atoms with Crippen LogP contribution in [0.4, 0.5) is 13.2 Å². The van der Waals surface area contributed by atoms with Crippen molar-refractivity contribution in [2.45, 2.75) is 44.5 Å². The van der Waals surface area contributed by atoms with Crippen LogP contribution in [0, 0.1) is 0 Å². The Morgan fingerprint density at radius 1 is 1.39 bits per heavy atom. The maximum absolute atomic E-state index is 12.4. The van der Waals surface area contributed by atoms with Crippen LogP contribution in [0.3, 0.4) is 0 Å². The van der Waals surface area contributed by atoms with Crippen LogP contribution in [0.5, 0.6) is 5.75 Å². The van der Waals surface area contributed by atoms with Crippen molar-refractivity contribution in [1.82, 2.24) is 0 Å². The molecule has 0 radical (unpaired) electrons. The molecule has 0 bridgehead atoms. The van der Waals surface area contributed by atoms with E-state index in [9.17, 15) is 13.2 Å². The Hall–Kier alpha value is -1.23. The number of nitrogens with two attached hydrogens (primary N) is 1. The summed E-state index contributed by atoms with van der Waals surface area (Å²) in [5.74, 6) is 0.527. The molecule has 1 aliphatic rings. The Balaban J connectivity index is 2.29. The Bertz CT molecular complexity index is 454. The smallest absolute Gasteiger partial charge is 0.390 e. The molecule has 1 unspecified atom stereocenters. The zero-order chi connectivity index (χ0) is 13.6. The van der Waals surface area contributed by atoms with Gasteiger partial charge in [-0.3, -0.25) is 0 Å². The molecule has 0 spiro atoms. The highest BCUT2D eigenvalue weighted by Gasteiger charge is 2.36. The first-order chi connectivity index (χ1) is 8.18. The Morgan fingerprint density at radius 2 is 2.06 bits per heavy atom. The topological polar surface area (TPSA) is 35.2 Å². The van der Waals surface area contributed by atoms with Gasteiger partial charge in [0.25, 0.3) is 0 Å². The van der Waals surface area contributed by atoms with Crippen molar-refractivity contribution in [3.8, 4) is 5.75 Å². The summed E-state index contributed by atoms with van der Waals surface area (Å²) in [5, 5.41) is 0. The van der Waals surface area contributed by atoms with Gasteiger partial charge in [0.05, 0.1) is 6.42 Å². The van der Waals surface area contributed by atoms with E-state index in [0.29, 0.717) is 17.7 Å². The van der Waals surface area contributed by atoms with Gasteiger partial charge < -0.3 is 10.5 Å². The fourth-order valence-electron chi connectivity index (χ4n) is 2.29. The van der Waals surface area contributed by atoms with E-state index in [2.05, 4.69) is 0 Å². The average Bonchev–Trinajstić information content (AvgIpc) is 2.47. The molecule has 1 aromatic carbocycles. The van der Waals surface area contributed by atoms with Crippen LogP contribution >= 0.6 is 0 Å². The number of halogens is 3. The molecule has 18 heavy (non-hydrogen) atoms. The monoisotopic (exact) mass is 259 g/mol. The molecule has 0 saturated heterocycles. The molecule has 1 aromatic rings. The fourth-order valence-corrected chi connectivity index (χ4v) is 2.29. The highest BCUT2D eigenvalue weighted by atomic mass is 19.4. The first-order valence-corrected chi connectivity index (χ1v) is 5.81. The first-order valence-electron chi connectivity index (χ1n) is 5.81. The van der Waals surface area contributed by atoms with Gasteiger partial charge in [0.15, 0.2) is 0 Å². The summed E-state index contributed by atoms with van der Waals surface area (Å²) in [6.07, 6.45) is -4.61. The second kappa shape index (κ2) is 4.16. The second-order valence-electron chi connectivity index (χ2n) is 5.30. The normalized spacial score (nSPS) is 19.2. The van der Waals surface area contributed by atoms with Crippen molar-refractivity contribution in [3.63, 3.8) is 0 Å². The molecule has 2 rings (SSSR count). The second-order valence-corrected chi connectivity index (χ2v) is 5.30. The minimum absolute atomic E-state index is 0.379. The van der Waals surface area contributed by atoms with Crippen molar-refractivity contribution >= 4 is 0 Å². The third-order valence-electron chi connectivity index (χ3n) is 2.97. The average molecular weight is 259 g/mol. The predicted octanol–water partition coefficient (Wildman–Crippen LogP) is 3.35. The van der Waals surface area contributed by atoms with E-state index in [4.69, 9.17) is 10.5 Å². The van der Waals surface area contributed by atoms with E-state index in [0.717, 1.165) is 5.56 Å². The van der Waals surface area contributed by atoms with Crippen LogP contribution < -0.4 is 10.5 Å². The summed E-state index contributed by atoms with van der Waals surface area (Å²) in [4.78, 5) is 0. The third kappa shape index (κ3) is 2.77. The summed E-state index contributed by atoms with van der Waals surface area (Å²) in [6, 6.07) is 4.13. The molecule has 1 atom stereocenters. The summed E-state index contributed by atoms with van der Waals surface area (Å²) < 4.78 is 42.8. The van der Waals surface area contributed by atoms with E-state index >= 15 is 0 Å². The van der Waals surface area contributed by atoms with Crippen LogP contribution in [0.2, 0.25) is 0 Å². The van der Waals surface area contributed by atoms with Gasteiger partial charge in [-0.05, 0) is 19.4 Å². The van der Waals surface area contributed by atoms with Crippen molar-refractivity contribution in [2.24, 2.45) is 5.73 Å².